The Morgan fingerprint density at radius 1 is 1.26 bits per heavy atom. The molecule has 1 aromatic carbocycles. The Bertz CT molecular complexity index is 902. The van der Waals surface area contributed by atoms with Gasteiger partial charge in [-0.3, -0.25) is 4.79 Å². The summed E-state index contributed by atoms with van der Waals surface area (Å²) in [6.07, 6.45) is 0.0170. The van der Waals surface area contributed by atoms with Crippen molar-refractivity contribution in [2.75, 3.05) is 0 Å². The fourth-order valence-corrected chi connectivity index (χ4v) is 3.43. The van der Waals surface area contributed by atoms with Crippen LogP contribution >= 0.6 is 15.9 Å². The number of rotatable bonds is 10. The van der Waals surface area contributed by atoms with Crippen LogP contribution in [0.4, 0.5) is 0 Å². The number of nitrogens with zero attached hydrogens (tertiary/aromatic N) is 2. The number of carboxylic acid groups (broad SMARTS) is 1. The molecule has 0 bridgehead atoms. The molecule has 0 aliphatic carbocycles. The standard InChI is InChI=1S/C21H26BrN3O5.Na/c1-13(2)25-17(9-8-15(26)10-16(27)11-18(28)29)19(22)24-20(25)21(30)23-12-14-6-4-3-5-7-14;/h3-9,13,15-16,26-27H,10-12H2,1-2H3,(H,23,30)(H,28,29);/q;+1/p-1/t15-,16-;/m1./s1. The van der Waals surface area contributed by atoms with Crippen LogP contribution in [0.5, 0.6) is 0 Å². The molecule has 0 fully saturated rings. The van der Waals surface area contributed by atoms with Crippen molar-refractivity contribution in [2.24, 2.45) is 0 Å². The van der Waals surface area contributed by atoms with Gasteiger partial charge in [0, 0.05) is 31.4 Å². The monoisotopic (exact) mass is 501 g/mol. The van der Waals surface area contributed by atoms with Crippen molar-refractivity contribution >= 4 is 33.9 Å². The molecular formula is C21H25BrN3NaO5. The van der Waals surface area contributed by atoms with Gasteiger partial charge in [0.2, 0.25) is 5.82 Å². The second-order valence-electron chi connectivity index (χ2n) is 7.14. The number of carbonyl (C=O) groups excluding carboxylic acids is 2. The van der Waals surface area contributed by atoms with Crippen LogP contribution in [-0.2, 0) is 11.3 Å². The van der Waals surface area contributed by atoms with Crippen LogP contribution in [-0.4, -0.2) is 43.8 Å². The molecule has 162 valence electrons. The quantitative estimate of drug-likeness (QED) is 0.337. The third-order valence-corrected chi connectivity index (χ3v) is 4.89. The molecule has 0 spiro atoms. The van der Waals surface area contributed by atoms with Crippen LogP contribution in [0.1, 0.15) is 54.6 Å². The molecule has 0 aliphatic rings. The molecule has 1 aromatic heterocycles. The number of aromatic nitrogens is 2. The molecule has 0 saturated heterocycles. The minimum absolute atomic E-state index is 0. The first kappa shape index (κ1) is 27.5. The van der Waals surface area contributed by atoms with E-state index < -0.39 is 24.6 Å². The zero-order chi connectivity index (χ0) is 22.3. The predicted molar refractivity (Wildman–Crippen MR) is 113 cm³/mol. The summed E-state index contributed by atoms with van der Waals surface area (Å²) in [4.78, 5) is 27.6. The van der Waals surface area contributed by atoms with E-state index in [2.05, 4.69) is 26.2 Å². The van der Waals surface area contributed by atoms with E-state index in [9.17, 15) is 24.9 Å². The molecule has 31 heavy (non-hydrogen) atoms. The summed E-state index contributed by atoms with van der Waals surface area (Å²) >= 11 is 3.35. The zero-order valence-corrected chi connectivity index (χ0v) is 21.4. The van der Waals surface area contributed by atoms with E-state index in [4.69, 9.17) is 0 Å². The zero-order valence-electron chi connectivity index (χ0n) is 17.8. The summed E-state index contributed by atoms with van der Waals surface area (Å²) in [5.41, 5.74) is 1.54. The van der Waals surface area contributed by atoms with Gasteiger partial charge in [-0.25, -0.2) is 4.98 Å². The molecule has 1 heterocycles. The Morgan fingerprint density at radius 3 is 2.48 bits per heavy atom. The minimum Gasteiger partial charge on any atom is -0.550 e. The molecule has 2 atom stereocenters. The van der Waals surface area contributed by atoms with Gasteiger partial charge in [0.25, 0.3) is 5.91 Å². The molecule has 3 N–H and O–H groups in total. The van der Waals surface area contributed by atoms with E-state index in [0.29, 0.717) is 16.8 Å². The maximum atomic E-state index is 12.7. The van der Waals surface area contributed by atoms with Crippen molar-refractivity contribution < 1.29 is 54.5 Å². The molecule has 0 radical (unpaired) electrons. The van der Waals surface area contributed by atoms with Crippen molar-refractivity contribution in [3.63, 3.8) is 0 Å². The average Bonchev–Trinajstić information content (AvgIpc) is 3.01. The summed E-state index contributed by atoms with van der Waals surface area (Å²) < 4.78 is 2.16. The number of benzene rings is 1. The van der Waals surface area contributed by atoms with E-state index >= 15 is 0 Å². The van der Waals surface area contributed by atoms with Gasteiger partial charge in [-0.2, -0.15) is 0 Å². The molecule has 8 nitrogen and oxygen atoms in total. The third kappa shape index (κ3) is 8.51. The van der Waals surface area contributed by atoms with Gasteiger partial charge in [0.15, 0.2) is 0 Å². The number of carbonyl (C=O) groups is 2. The summed E-state index contributed by atoms with van der Waals surface area (Å²) in [5, 5.41) is 33.0. The maximum Gasteiger partial charge on any atom is 1.00 e. The number of aliphatic carboxylic acids is 1. The molecular weight excluding hydrogens is 477 g/mol. The van der Waals surface area contributed by atoms with Gasteiger partial charge in [-0.1, -0.05) is 36.4 Å². The fourth-order valence-electron chi connectivity index (χ4n) is 2.94. The van der Waals surface area contributed by atoms with Crippen molar-refractivity contribution in [1.29, 1.82) is 0 Å². The SMILES string of the molecule is CC(C)n1c(C(=O)NCc2ccccc2)nc(Br)c1C=C[C@@H](O)C[C@@H](O)CC(=O)[O-].[Na+]. The smallest absolute Gasteiger partial charge is 0.550 e. The Kier molecular flexibility index (Phi) is 11.7. The summed E-state index contributed by atoms with van der Waals surface area (Å²) in [7, 11) is 0. The Hall–Kier alpha value is -1.49. The normalized spacial score (nSPS) is 13.1. The summed E-state index contributed by atoms with van der Waals surface area (Å²) in [6.45, 7) is 4.17. The minimum atomic E-state index is -1.38. The first-order valence-corrected chi connectivity index (χ1v) is 10.3. The number of nitrogens with one attached hydrogen (secondary N) is 1. The van der Waals surface area contributed by atoms with Crippen LogP contribution in [0.25, 0.3) is 6.08 Å². The molecule has 1 amide bonds. The van der Waals surface area contributed by atoms with Crippen LogP contribution in [0.2, 0.25) is 0 Å². The van der Waals surface area contributed by atoms with Crippen LogP contribution in [0, 0.1) is 0 Å². The summed E-state index contributed by atoms with van der Waals surface area (Å²) in [6, 6.07) is 9.42. The number of carboxylic acids is 1. The third-order valence-electron chi connectivity index (χ3n) is 4.31. The van der Waals surface area contributed by atoms with Crippen molar-refractivity contribution in [2.45, 2.75) is 51.5 Å². The van der Waals surface area contributed by atoms with Gasteiger partial charge in [-0.15, -0.1) is 0 Å². The van der Waals surface area contributed by atoms with Gasteiger partial charge in [0.1, 0.15) is 4.60 Å². The fraction of sp³-hybridized carbons (Fsp3) is 0.381. The molecule has 0 unspecified atom stereocenters. The maximum absolute atomic E-state index is 12.7. The van der Waals surface area contributed by atoms with Crippen LogP contribution in [0.15, 0.2) is 41.0 Å². The van der Waals surface area contributed by atoms with Gasteiger partial charge >= 0.3 is 29.6 Å². The van der Waals surface area contributed by atoms with E-state index in [0.717, 1.165) is 5.56 Å². The predicted octanol–water partition coefficient (Wildman–Crippen LogP) is -1.57. The number of aliphatic hydroxyl groups is 2. The Morgan fingerprint density at radius 2 is 1.90 bits per heavy atom. The molecule has 0 aliphatic heterocycles. The molecule has 0 saturated carbocycles. The summed E-state index contributed by atoms with van der Waals surface area (Å²) in [5.74, 6) is -1.50. The topological polar surface area (TPSA) is 128 Å². The number of amides is 1. The Balaban J connectivity index is 0.00000480. The molecule has 10 heteroatoms. The molecule has 2 rings (SSSR count). The Labute approximate surface area is 211 Å². The van der Waals surface area contributed by atoms with E-state index in [1.54, 1.807) is 10.6 Å². The van der Waals surface area contributed by atoms with E-state index in [-0.39, 0.29) is 53.8 Å². The van der Waals surface area contributed by atoms with Gasteiger partial charge in [0.05, 0.1) is 17.9 Å². The number of hydrogen-bond donors (Lipinski definition) is 3. The number of aliphatic hydroxyl groups excluding tert-OH is 2. The van der Waals surface area contributed by atoms with Crippen molar-refractivity contribution in [3.05, 3.63) is 58.1 Å². The van der Waals surface area contributed by atoms with Crippen molar-refractivity contribution in [3.8, 4) is 0 Å². The largest absolute Gasteiger partial charge is 1.00 e. The second-order valence-corrected chi connectivity index (χ2v) is 7.89. The van der Waals surface area contributed by atoms with Gasteiger partial charge in [-0.05, 0) is 41.4 Å². The first-order chi connectivity index (χ1) is 14.2. The van der Waals surface area contributed by atoms with E-state index in [1.807, 2.05) is 44.2 Å². The van der Waals surface area contributed by atoms with Gasteiger partial charge < -0.3 is 30.0 Å². The molecule has 2 aromatic rings. The number of imidazole rings is 1. The number of halogens is 1. The second kappa shape index (κ2) is 13.1. The first-order valence-electron chi connectivity index (χ1n) is 9.53. The average molecular weight is 502 g/mol. The number of hydrogen-bond acceptors (Lipinski definition) is 6. The van der Waals surface area contributed by atoms with Crippen molar-refractivity contribution in [1.82, 2.24) is 14.9 Å². The van der Waals surface area contributed by atoms with Crippen LogP contribution in [0.3, 0.4) is 0 Å². The van der Waals surface area contributed by atoms with E-state index in [1.165, 1.54) is 6.08 Å². The van der Waals surface area contributed by atoms with Crippen LogP contribution < -0.4 is 40.0 Å².